The number of nitrogens with one attached hydrogen (secondary N) is 1. The lowest BCUT2D eigenvalue weighted by Crippen LogP contribution is -2.18. The maximum atomic E-state index is 5.32. The molecule has 0 saturated heterocycles. The summed E-state index contributed by atoms with van der Waals surface area (Å²) in [6.07, 6.45) is 2.97. The quantitative estimate of drug-likeness (QED) is 0.393. The third-order valence-electron chi connectivity index (χ3n) is 2.68. The van der Waals surface area contributed by atoms with Gasteiger partial charge in [-0.05, 0) is 42.7 Å². The van der Waals surface area contributed by atoms with Crippen LogP contribution in [0.1, 0.15) is 18.4 Å². The van der Waals surface area contributed by atoms with Crippen molar-refractivity contribution in [2.45, 2.75) is 19.3 Å². The SMILES string of the molecule is COc1cc(CCNOCCCCS)cc(OC)c1. The fourth-order valence-electron chi connectivity index (χ4n) is 1.64. The van der Waals surface area contributed by atoms with Gasteiger partial charge in [-0.25, -0.2) is 5.48 Å². The van der Waals surface area contributed by atoms with E-state index in [1.807, 2.05) is 18.2 Å². The van der Waals surface area contributed by atoms with Crippen LogP contribution in [0.2, 0.25) is 0 Å². The molecule has 0 aliphatic rings. The molecule has 0 unspecified atom stereocenters. The van der Waals surface area contributed by atoms with Crippen molar-refractivity contribution in [1.29, 1.82) is 0 Å². The van der Waals surface area contributed by atoms with Gasteiger partial charge in [0.25, 0.3) is 0 Å². The van der Waals surface area contributed by atoms with Crippen molar-refractivity contribution in [3.63, 3.8) is 0 Å². The highest BCUT2D eigenvalue weighted by Gasteiger charge is 2.01. The first-order chi connectivity index (χ1) is 9.30. The lowest BCUT2D eigenvalue weighted by molar-refractivity contribution is 0.0402. The van der Waals surface area contributed by atoms with E-state index in [2.05, 4.69) is 18.1 Å². The van der Waals surface area contributed by atoms with E-state index in [-0.39, 0.29) is 0 Å². The van der Waals surface area contributed by atoms with Gasteiger partial charge in [-0.3, -0.25) is 0 Å². The molecule has 0 bridgehead atoms. The molecule has 0 aliphatic heterocycles. The second-order valence-electron chi connectivity index (χ2n) is 4.14. The summed E-state index contributed by atoms with van der Waals surface area (Å²) in [5.41, 5.74) is 4.12. The van der Waals surface area contributed by atoms with Crippen molar-refractivity contribution in [1.82, 2.24) is 5.48 Å². The molecule has 108 valence electrons. The van der Waals surface area contributed by atoms with E-state index in [4.69, 9.17) is 14.3 Å². The Kier molecular flexibility index (Phi) is 8.45. The van der Waals surface area contributed by atoms with Crippen molar-refractivity contribution >= 4 is 12.6 Å². The molecule has 4 nitrogen and oxygen atoms in total. The smallest absolute Gasteiger partial charge is 0.122 e. The number of unbranched alkanes of at least 4 members (excludes halogenated alkanes) is 1. The van der Waals surface area contributed by atoms with Crippen molar-refractivity contribution in [3.8, 4) is 11.5 Å². The van der Waals surface area contributed by atoms with Gasteiger partial charge in [0.15, 0.2) is 0 Å². The maximum absolute atomic E-state index is 5.32. The topological polar surface area (TPSA) is 39.7 Å². The van der Waals surface area contributed by atoms with Gasteiger partial charge in [0.1, 0.15) is 11.5 Å². The number of benzene rings is 1. The molecule has 0 fully saturated rings. The monoisotopic (exact) mass is 285 g/mol. The third kappa shape index (κ3) is 6.71. The molecule has 0 amide bonds. The van der Waals surface area contributed by atoms with E-state index in [0.29, 0.717) is 0 Å². The Balaban J connectivity index is 2.28. The normalized spacial score (nSPS) is 10.5. The number of thiol groups is 1. The summed E-state index contributed by atoms with van der Waals surface area (Å²) in [5, 5.41) is 0. The summed E-state index contributed by atoms with van der Waals surface area (Å²) < 4.78 is 10.5. The molecule has 0 radical (unpaired) electrons. The van der Waals surface area contributed by atoms with Gasteiger partial charge < -0.3 is 14.3 Å². The zero-order valence-electron chi connectivity index (χ0n) is 11.6. The lowest BCUT2D eigenvalue weighted by atomic mass is 10.1. The summed E-state index contributed by atoms with van der Waals surface area (Å²) in [5.74, 6) is 2.53. The van der Waals surface area contributed by atoms with E-state index >= 15 is 0 Å². The molecule has 0 aromatic heterocycles. The maximum Gasteiger partial charge on any atom is 0.122 e. The van der Waals surface area contributed by atoms with Crippen LogP contribution >= 0.6 is 12.6 Å². The van der Waals surface area contributed by atoms with Crippen LogP contribution in [-0.4, -0.2) is 33.1 Å². The summed E-state index contributed by atoms with van der Waals surface area (Å²) in [4.78, 5) is 5.32. The van der Waals surface area contributed by atoms with E-state index in [1.165, 1.54) is 0 Å². The van der Waals surface area contributed by atoms with Crippen LogP contribution in [0, 0.1) is 0 Å². The van der Waals surface area contributed by atoms with Crippen molar-refractivity contribution in [2.75, 3.05) is 33.1 Å². The minimum absolute atomic E-state index is 0.724. The second-order valence-corrected chi connectivity index (χ2v) is 4.59. The summed E-state index contributed by atoms with van der Waals surface area (Å²) in [6, 6.07) is 5.88. The second kappa shape index (κ2) is 9.95. The molecular weight excluding hydrogens is 262 g/mol. The largest absolute Gasteiger partial charge is 0.497 e. The Morgan fingerprint density at radius 3 is 2.32 bits per heavy atom. The van der Waals surface area contributed by atoms with Crippen molar-refractivity contribution in [2.24, 2.45) is 0 Å². The average molecular weight is 285 g/mol. The minimum Gasteiger partial charge on any atom is -0.497 e. The van der Waals surface area contributed by atoms with E-state index in [1.54, 1.807) is 14.2 Å². The molecule has 0 spiro atoms. The highest BCUT2D eigenvalue weighted by atomic mass is 32.1. The van der Waals surface area contributed by atoms with Gasteiger partial charge in [-0.1, -0.05) is 0 Å². The van der Waals surface area contributed by atoms with Crippen LogP contribution in [0.4, 0.5) is 0 Å². The predicted molar refractivity (Wildman–Crippen MR) is 80.3 cm³/mol. The standard InChI is InChI=1S/C14H23NO3S/c1-16-13-9-12(10-14(11-13)17-2)5-6-15-18-7-3-4-8-19/h9-11,15,19H,3-8H2,1-2H3. The fraction of sp³-hybridized carbons (Fsp3) is 0.571. The molecule has 0 aliphatic carbocycles. The van der Waals surface area contributed by atoms with E-state index < -0.39 is 0 Å². The van der Waals surface area contributed by atoms with Crippen LogP contribution in [0.25, 0.3) is 0 Å². The van der Waals surface area contributed by atoms with Crippen molar-refractivity contribution < 1.29 is 14.3 Å². The molecular formula is C14H23NO3S. The first kappa shape index (κ1) is 16.1. The number of ether oxygens (including phenoxy) is 2. The van der Waals surface area contributed by atoms with Crippen molar-refractivity contribution in [3.05, 3.63) is 23.8 Å². The zero-order chi connectivity index (χ0) is 13.9. The van der Waals surface area contributed by atoms with Crippen LogP contribution in [0.5, 0.6) is 11.5 Å². The molecule has 5 heteroatoms. The Bertz CT molecular complexity index is 338. The summed E-state index contributed by atoms with van der Waals surface area (Å²) >= 11 is 4.15. The average Bonchev–Trinajstić information content (AvgIpc) is 2.45. The van der Waals surface area contributed by atoms with Gasteiger partial charge in [-0.15, -0.1) is 0 Å². The Morgan fingerprint density at radius 2 is 1.74 bits per heavy atom. The molecule has 0 saturated carbocycles. The van der Waals surface area contributed by atoms with Gasteiger partial charge in [0.05, 0.1) is 20.8 Å². The number of hydrogen-bond donors (Lipinski definition) is 2. The van der Waals surface area contributed by atoms with E-state index in [0.717, 1.165) is 55.2 Å². The lowest BCUT2D eigenvalue weighted by Gasteiger charge is -2.09. The first-order valence-electron chi connectivity index (χ1n) is 6.47. The summed E-state index contributed by atoms with van der Waals surface area (Å²) in [7, 11) is 3.31. The number of hydrogen-bond acceptors (Lipinski definition) is 5. The Morgan fingerprint density at radius 1 is 1.05 bits per heavy atom. The number of rotatable bonds is 10. The van der Waals surface area contributed by atoms with Gasteiger partial charge >= 0.3 is 0 Å². The van der Waals surface area contributed by atoms with Gasteiger partial charge in [-0.2, -0.15) is 12.6 Å². The van der Waals surface area contributed by atoms with Gasteiger partial charge in [0, 0.05) is 12.6 Å². The van der Waals surface area contributed by atoms with Crippen LogP contribution < -0.4 is 15.0 Å². The van der Waals surface area contributed by atoms with Crippen LogP contribution in [-0.2, 0) is 11.3 Å². The molecule has 1 N–H and O–H groups in total. The highest BCUT2D eigenvalue weighted by molar-refractivity contribution is 7.80. The predicted octanol–water partition coefficient (Wildman–Crippen LogP) is 2.48. The zero-order valence-corrected chi connectivity index (χ0v) is 12.5. The Labute approximate surface area is 120 Å². The molecule has 19 heavy (non-hydrogen) atoms. The van der Waals surface area contributed by atoms with Crippen LogP contribution in [0.15, 0.2) is 18.2 Å². The fourth-order valence-corrected chi connectivity index (χ4v) is 1.86. The third-order valence-corrected chi connectivity index (χ3v) is 3.00. The molecule has 1 rings (SSSR count). The van der Waals surface area contributed by atoms with Crippen LogP contribution in [0.3, 0.4) is 0 Å². The number of hydroxylamine groups is 1. The Hall–Kier alpha value is -0.910. The van der Waals surface area contributed by atoms with E-state index in [9.17, 15) is 0 Å². The number of methoxy groups -OCH3 is 2. The molecule has 0 atom stereocenters. The summed E-state index contributed by atoms with van der Waals surface area (Å²) in [6.45, 7) is 1.49. The molecule has 1 aromatic carbocycles. The molecule has 1 aromatic rings. The first-order valence-corrected chi connectivity index (χ1v) is 7.11. The van der Waals surface area contributed by atoms with Gasteiger partial charge in [0.2, 0.25) is 0 Å². The molecule has 0 heterocycles. The minimum atomic E-state index is 0.724. The highest BCUT2D eigenvalue weighted by Crippen LogP contribution is 2.22.